The van der Waals surface area contributed by atoms with E-state index in [2.05, 4.69) is 6.92 Å². The monoisotopic (exact) mass is 350 g/mol. The summed E-state index contributed by atoms with van der Waals surface area (Å²) in [5.74, 6) is 0.201. The Morgan fingerprint density at radius 3 is 2.68 bits per heavy atom. The van der Waals surface area contributed by atoms with Crippen LogP contribution in [0.15, 0.2) is 23.3 Å². The molecule has 1 spiro atoms. The van der Waals surface area contributed by atoms with Crippen molar-refractivity contribution in [2.75, 3.05) is 0 Å². The van der Waals surface area contributed by atoms with Gasteiger partial charge in [-0.1, -0.05) is 19.1 Å². The number of aliphatic hydroxyl groups is 2. The lowest BCUT2D eigenvalue weighted by Gasteiger charge is -2.46. The van der Waals surface area contributed by atoms with Crippen LogP contribution in [-0.4, -0.2) is 51.6 Å². The predicted octanol–water partition coefficient (Wildman–Crippen LogP) is 2.45. The van der Waals surface area contributed by atoms with E-state index < -0.39 is 23.4 Å². The van der Waals surface area contributed by atoms with Gasteiger partial charge in [-0.2, -0.15) is 0 Å². The number of Topliss-reactive ketones (excluding diaryl/α,β-unsaturated/α-hetero) is 1. The van der Waals surface area contributed by atoms with Gasteiger partial charge in [-0.25, -0.2) is 0 Å². The topological polar surface area (TPSA) is 79.3 Å². The zero-order valence-electron chi connectivity index (χ0n) is 15.6. The summed E-state index contributed by atoms with van der Waals surface area (Å²) in [4.78, 5) is 11.0. The number of carbonyl (C=O) groups excluding carboxylic acids is 1. The quantitative estimate of drug-likeness (QED) is 0.568. The number of rotatable bonds is 6. The number of ketones is 1. The molecule has 0 bridgehead atoms. The molecular weight excluding hydrogens is 320 g/mol. The lowest BCUT2D eigenvalue weighted by Crippen LogP contribution is -2.58. The van der Waals surface area contributed by atoms with Crippen LogP contribution >= 0.6 is 0 Å². The maximum Gasteiger partial charge on any atom is 0.130 e. The van der Waals surface area contributed by atoms with Crippen molar-refractivity contribution in [2.45, 2.75) is 95.4 Å². The molecule has 0 aromatic heterocycles. The minimum atomic E-state index is -0.688. The Bertz CT molecular complexity index is 605. The van der Waals surface area contributed by atoms with Crippen molar-refractivity contribution in [3.63, 3.8) is 0 Å². The number of unbranched alkanes of at least 4 members (excludes halogenated alkanes) is 1. The van der Waals surface area contributed by atoms with Gasteiger partial charge in [0.1, 0.15) is 29.7 Å². The lowest BCUT2D eigenvalue weighted by molar-refractivity contribution is -0.189. The SMILES string of the molecule is CCC1=C(/C=C/CCCC(C)=O)[C@H](O)[C@H]2O[C@]23C[C@@H](O)C(C)(C)O[C@H]13. The minimum absolute atomic E-state index is 0.201. The zero-order chi connectivity index (χ0) is 18.4. The molecule has 0 saturated carbocycles. The van der Waals surface area contributed by atoms with Gasteiger partial charge >= 0.3 is 0 Å². The van der Waals surface area contributed by atoms with E-state index in [9.17, 15) is 15.0 Å². The van der Waals surface area contributed by atoms with Gasteiger partial charge in [0, 0.05) is 12.8 Å². The van der Waals surface area contributed by atoms with Crippen molar-refractivity contribution >= 4 is 5.78 Å². The molecule has 3 rings (SSSR count). The third kappa shape index (κ3) is 3.23. The number of aliphatic hydroxyl groups excluding tert-OH is 2. The molecule has 0 amide bonds. The standard InChI is InChI=1S/C20H30O5/c1-5-13-14(10-8-6-7-9-12(2)21)16(23)18-20(25-18)11-15(22)19(3,4)24-17(13)20/h8,10,15-18,22-23H,5-7,9,11H2,1-4H3/b10-8+/t15-,16+,17-,18-,20+/m1/s1. The first-order valence-electron chi connectivity index (χ1n) is 9.33. The predicted molar refractivity (Wildman–Crippen MR) is 94.2 cm³/mol. The highest BCUT2D eigenvalue weighted by Gasteiger charge is 2.72. The fraction of sp³-hybridized carbons (Fsp3) is 0.750. The van der Waals surface area contributed by atoms with Crippen molar-refractivity contribution in [1.29, 1.82) is 0 Å². The second-order valence-corrected chi connectivity index (χ2v) is 8.09. The van der Waals surface area contributed by atoms with Crippen LogP contribution in [0.5, 0.6) is 0 Å². The molecule has 0 radical (unpaired) electrons. The van der Waals surface area contributed by atoms with E-state index in [1.807, 2.05) is 26.0 Å². The lowest BCUT2D eigenvalue weighted by atomic mass is 9.72. The Labute approximate surface area is 149 Å². The largest absolute Gasteiger partial charge is 0.390 e. The Kier molecular flexibility index (Phi) is 4.97. The van der Waals surface area contributed by atoms with Crippen LogP contribution in [-0.2, 0) is 14.3 Å². The molecule has 2 saturated heterocycles. The van der Waals surface area contributed by atoms with E-state index in [1.54, 1.807) is 6.92 Å². The highest BCUT2D eigenvalue weighted by Crippen LogP contribution is 2.58. The molecule has 0 aromatic carbocycles. The Morgan fingerprint density at radius 2 is 2.04 bits per heavy atom. The van der Waals surface area contributed by atoms with Gasteiger partial charge in [0.2, 0.25) is 0 Å². The molecule has 2 fully saturated rings. The van der Waals surface area contributed by atoms with Crippen LogP contribution in [0.25, 0.3) is 0 Å². The van der Waals surface area contributed by atoms with Crippen molar-refractivity contribution in [1.82, 2.24) is 0 Å². The molecule has 0 aromatic rings. The zero-order valence-corrected chi connectivity index (χ0v) is 15.6. The average molecular weight is 350 g/mol. The first-order chi connectivity index (χ1) is 11.7. The van der Waals surface area contributed by atoms with Crippen LogP contribution in [0.4, 0.5) is 0 Å². The van der Waals surface area contributed by atoms with Gasteiger partial charge < -0.3 is 24.5 Å². The van der Waals surface area contributed by atoms with E-state index in [-0.39, 0.29) is 18.0 Å². The van der Waals surface area contributed by atoms with E-state index in [4.69, 9.17) is 9.47 Å². The highest BCUT2D eigenvalue weighted by molar-refractivity contribution is 5.75. The highest BCUT2D eigenvalue weighted by atomic mass is 16.7. The normalized spacial score (nSPS) is 39.3. The molecule has 25 heavy (non-hydrogen) atoms. The molecule has 140 valence electrons. The van der Waals surface area contributed by atoms with E-state index >= 15 is 0 Å². The number of allylic oxidation sites excluding steroid dienone is 1. The summed E-state index contributed by atoms with van der Waals surface area (Å²) in [5.41, 5.74) is 0.724. The number of carbonyl (C=O) groups is 1. The van der Waals surface area contributed by atoms with Gasteiger partial charge in [0.05, 0.1) is 11.7 Å². The third-order valence-electron chi connectivity index (χ3n) is 5.82. The first-order valence-corrected chi connectivity index (χ1v) is 9.33. The van der Waals surface area contributed by atoms with Gasteiger partial charge in [-0.3, -0.25) is 0 Å². The van der Waals surface area contributed by atoms with Crippen LogP contribution in [0.1, 0.15) is 59.8 Å². The summed E-state index contributed by atoms with van der Waals surface area (Å²) in [6.07, 6.45) is 5.63. The van der Waals surface area contributed by atoms with Crippen LogP contribution in [0.2, 0.25) is 0 Å². The van der Waals surface area contributed by atoms with Gasteiger partial charge in [0.25, 0.3) is 0 Å². The van der Waals surface area contributed by atoms with Gasteiger partial charge in [-0.05, 0) is 51.2 Å². The maximum absolute atomic E-state index is 11.0. The van der Waals surface area contributed by atoms with E-state index in [0.717, 1.165) is 30.4 Å². The van der Waals surface area contributed by atoms with Crippen LogP contribution in [0, 0.1) is 0 Å². The summed E-state index contributed by atoms with van der Waals surface area (Å²) in [7, 11) is 0. The van der Waals surface area contributed by atoms with Crippen molar-refractivity contribution < 1.29 is 24.5 Å². The Hall–Kier alpha value is -1.01. The van der Waals surface area contributed by atoms with Crippen LogP contribution < -0.4 is 0 Å². The van der Waals surface area contributed by atoms with Crippen molar-refractivity contribution in [3.8, 4) is 0 Å². The summed E-state index contributed by atoms with van der Waals surface area (Å²) < 4.78 is 12.2. The molecule has 5 nitrogen and oxygen atoms in total. The fourth-order valence-corrected chi connectivity index (χ4v) is 4.19. The Morgan fingerprint density at radius 1 is 1.32 bits per heavy atom. The number of hydrogen-bond acceptors (Lipinski definition) is 5. The molecule has 2 N–H and O–H groups in total. The molecule has 2 heterocycles. The summed E-state index contributed by atoms with van der Waals surface area (Å²) in [6, 6.07) is 0. The number of ether oxygens (including phenoxy) is 2. The second kappa shape index (κ2) is 6.62. The summed E-state index contributed by atoms with van der Waals surface area (Å²) in [6.45, 7) is 7.46. The molecule has 0 unspecified atom stereocenters. The number of hydrogen-bond donors (Lipinski definition) is 2. The molecule has 5 heteroatoms. The summed E-state index contributed by atoms with van der Waals surface area (Å²) in [5, 5.41) is 21.1. The van der Waals surface area contributed by atoms with Gasteiger partial charge in [0.15, 0.2) is 0 Å². The van der Waals surface area contributed by atoms with E-state index in [1.165, 1.54) is 0 Å². The molecule has 2 aliphatic heterocycles. The second-order valence-electron chi connectivity index (χ2n) is 8.09. The smallest absolute Gasteiger partial charge is 0.130 e. The molecule has 3 aliphatic rings. The third-order valence-corrected chi connectivity index (χ3v) is 5.82. The van der Waals surface area contributed by atoms with Crippen molar-refractivity contribution in [2.24, 2.45) is 0 Å². The number of epoxide rings is 1. The van der Waals surface area contributed by atoms with E-state index in [0.29, 0.717) is 12.8 Å². The minimum Gasteiger partial charge on any atom is -0.390 e. The summed E-state index contributed by atoms with van der Waals surface area (Å²) >= 11 is 0. The Balaban J connectivity index is 1.82. The molecule has 1 aliphatic carbocycles. The maximum atomic E-state index is 11.0. The van der Waals surface area contributed by atoms with Crippen molar-refractivity contribution in [3.05, 3.63) is 23.3 Å². The fourth-order valence-electron chi connectivity index (χ4n) is 4.19. The average Bonchev–Trinajstić information content (AvgIpc) is 3.25. The first kappa shape index (κ1) is 18.8. The molecule has 5 atom stereocenters. The van der Waals surface area contributed by atoms with Crippen LogP contribution in [0.3, 0.4) is 0 Å². The van der Waals surface area contributed by atoms with Gasteiger partial charge in [-0.15, -0.1) is 0 Å². The molecular formula is C20H30O5.